The molecular formula is C34H45F3N6O2. The number of nitrogens with one attached hydrogen (secondary N) is 1. The van der Waals surface area contributed by atoms with E-state index in [-0.39, 0.29) is 35.4 Å². The van der Waals surface area contributed by atoms with Crippen molar-refractivity contribution in [1.29, 1.82) is 0 Å². The average Bonchev–Trinajstić information content (AvgIpc) is 3.01. The Morgan fingerprint density at radius 1 is 0.933 bits per heavy atom. The standard InChI is InChI=1S/C34H45F3N6O2/c1-32(2,3)41-12-10-40(11-13-41)25-8-9-28(38-21-25)42-14-15-43(27-7-5-4-6-26(27)42)31(45)39-29-23-16-22-17-24(29)20-33(18-22,19-23)30(44)34(35,36)37/h4-9,21-24,29-30,44H,10-20H2,1-3H3,(H,39,45)/t22?,23?,24?,29-,30?,33+. The minimum absolute atomic E-state index is 0.0483. The van der Waals surface area contributed by atoms with Crippen LogP contribution < -0.4 is 20.0 Å². The van der Waals surface area contributed by atoms with Gasteiger partial charge in [-0.3, -0.25) is 9.80 Å². The number of fused-ring (bicyclic) bond motifs is 1. The van der Waals surface area contributed by atoms with Gasteiger partial charge in [-0.1, -0.05) is 12.1 Å². The molecule has 4 bridgehead atoms. The third-order valence-electron chi connectivity index (χ3n) is 11.4. The van der Waals surface area contributed by atoms with Crippen LogP contribution in [0.5, 0.6) is 0 Å². The predicted molar refractivity (Wildman–Crippen MR) is 169 cm³/mol. The first-order valence-electron chi connectivity index (χ1n) is 16.5. The molecule has 45 heavy (non-hydrogen) atoms. The number of para-hydroxylation sites is 2. The smallest absolute Gasteiger partial charge is 0.383 e. The SMILES string of the molecule is CC(C)(C)N1CCN(c2ccc(N3CCN(C(=O)N[C@H]4C5CC6CC4C[C@@](C(O)C(F)(F)F)(C6)C5)c4ccccc43)nc2)CC1. The molecule has 11 heteroatoms. The van der Waals surface area contributed by atoms with Crippen molar-refractivity contribution in [2.75, 3.05) is 54.0 Å². The summed E-state index contributed by atoms with van der Waals surface area (Å²) in [7, 11) is 0. The van der Waals surface area contributed by atoms with Crippen molar-refractivity contribution >= 4 is 28.9 Å². The number of aromatic nitrogens is 1. The summed E-state index contributed by atoms with van der Waals surface area (Å²) < 4.78 is 40.9. The van der Waals surface area contributed by atoms with Crippen LogP contribution in [0.25, 0.3) is 0 Å². The number of carbonyl (C=O) groups excluding carboxylic acids is 1. The van der Waals surface area contributed by atoms with Gasteiger partial charge < -0.3 is 20.2 Å². The highest BCUT2D eigenvalue weighted by Crippen LogP contribution is 2.63. The van der Waals surface area contributed by atoms with E-state index in [9.17, 15) is 23.1 Å². The number of halogens is 3. The zero-order valence-electron chi connectivity index (χ0n) is 26.4. The topological polar surface area (TPSA) is 75.2 Å². The third-order valence-corrected chi connectivity index (χ3v) is 11.4. The van der Waals surface area contributed by atoms with Crippen molar-refractivity contribution in [3.63, 3.8) is 0 Å². The summed E-state index contributed by atoms with van der Waals surface area (Å²) in [6.07, 6.45) is -2.30. The van der Waals surface area contributed by atoms with Gasteiger partial charge in [-0.2, -0.15) is 13.2 Å². The van der Waals surface area contributed by atoms with Gasteiger partial charge in [0.2, 0.25) is 0 Å². The first-order chi connectivity index (χ1) is 21.3. The number of rotatable bonds is 4. The van der Waals surface area contributed by atoms with Crippen LogP contribution in [0.15, 0.2) is 42.6 Å². The molecule has 1 saturated heterocycles. The van der Waals surface area contributed by atoms with Crippen LogP contribution in [-0.2, 0) is 0 Å². The second kappa shape index (κ2) is 11.0. The molecule has 2 N–H and O–H groups in total. The van der Waals surface area contributed by atoms with Crippen molar-refractivity contribution < 1.29 is 23.1 Å². The van der Waals surface area contributed by atoms with E-state index in [1.54, 1.807) is 4.90 Å². The second-order valence-corrected chi connectivity index (χ2v) is 15.1. The summed E-state index contributed by atoms with van der Waals surface area (Å²) in [6.45, 7) is 11.8. The summed E-state index contributed by atoms with van der Waals surface area (Å²) in [4.78, 5) is 27.5. The Kier molecular flexibility index (Phi) is 7.50. The van der Waals surface area contributed by atoms with Crippen LogP contribution in [0, 0.1) is 23.2 Å². The predicted octanol–water partition coefficient (Wildman–Crippen LogP) is 5.79. The molecular weight excluding hydrogens is 581 g/mol. The van der Waals surface area contributed by atoms with E-state index >= 15 is 0 Å². The van der Waals surface area contributed by atoms with Gasteiger partial charge in [0.15, 0.2) is 6.10 Å². The molecule has 5 fully saturated rings. The molecule has 4 aliphatic carbocycles. The van der Waals surface area contributed by atoms with Gasteiger partial charge in [-0.25, -0.2) is 9.78 Å². The number of benzene rings is 1. The van der Waals surface area contributed by atoms with Crippen LogP contribution in [0.1, 0.15) is 52.9 Å². The van der Waals surface area contributed by atoms with Crippen molar-refractivity contribution in [2.45, 2.75) is 76.7 Å². The number of hydrogen-bond acceptors (Lipinski definition) is 6. The zero-order valence-corrected chi connectivity index (χ0v) is 26.4. The first-order valence-corrected chi connectivity index (χ1v) is 16.5. The highest BCUT2D eigenvalue weighted by Gasteiger charge is 2.63. The number of carbonyl (C=O) groups is 1. The summed E-state index contributed by atoms with van der Waals surface area (Å²) in [5.41, 5.74) is 1.85. The summed E-state index contributed by atoms with van der Waals surface area (Å²) in [6, 6.07) is 11.6. The van der Waals surface area contributed by atoms with Crippen LogP contribution >= 0.6 is 0 Å². The number of pyridine rings is 1. The molecule has 0 radical (unpaired) electrons. The number of urea groups is 1. The van der Waals surface area contributed by atoms with Gasteiger partial charge in [0.05, 0.1) is 23.3 Å². The quantitative estimate of drug-likeness (QED) is 0.448. The van der Waals surface area contributed by atoms with E-state index in [2.05, 4.69) is 52.9 Å². The lowest BCUT2D eigenvalue weighted by Crippen LogP contribution is -2.64. The molecule has 1 aromatic carbocycles. The summed E-state index contributed by atoms with van der Waals surface area (Å²) >= 11 is 0. The monoisotopic (exact) mass is 626 g/mol. The fraction of sp³-hybridized carbons (Fsp3) is 0.647. The molecule has 0 spiro atoms. The van der Waals surface area contributed by atoms with E-state index in [0.717, 1.165) is 61.9 Å². The maximum atomic E-state index is 13.8. The van der Waals surface area contributed by atoms with Gasteiger partial charge in [0.25, 0.3) is 0 Å². The number of alkyl halides is 3. The lowest BCUT2D eigenvalue weighted by Gasteiger charge is -2.61. The summed E-state index contributed by atoms with van der Waals surface area (Å²) in [5.74, 6) is 0.916. The Labute approximate surface area is 263 Å². The molecule has 4 saturated carbocycles. The van der Waals surface area contributed by atoms with Crippen LogP contribution in [0.3, 0.4) is 0 Å². The molecule has 6 aliphatic rings. The van der Waals surface area contributed by atoms with Gasteiger partial charge in [0.1, 0.15) is 5.82 Å². The normalized spacial score (nSPS) is 30.8. The Balaban J connectivity index is 1.03. The van der Waals surface area contributed by atoms with E-state index < -0.39 is 17.7 Å². The highest BCUT2D eigenvalue weighted by molar-refractivity contribution is 5.98. The number of amides is 2. The zero-order chi connectivity index (χ0) is 31.7. The van der Waals surface area contributed by atoms with E-state index in [4.69, 9.17) is 4.98 Å². The molecule has 3 unspecified atom stereocenters. The number of hydrogen-bond donors (Lipinski definition) is 2. The Bertz CT molecular complexity index is 1390. The Morgan fingerprint density at radius 2 is 1.60 bits per heavy atom. The molecule has 3 atom stereocenters. The molecule has 2 amide bonds. The van der Waals surface area contributed by atoms with Gasteiger partial charge >= 0.3 is 12.2 Å². The fourth-order valence-electron chi connectivity index (χ4n) is 9.40. The molecule has 8 nitrogen and oxygen atoms in total. The Morgan fingerprint density at radius 3 is 2.20 bits per heavy atom. The van der Waals surface area contributed by atoms with E-state index in [0.29, 0.717) is 32.4 Å². The lowest BCUT2D eigenvalue weighted by molar-refractivity contribution is -0.266. The molecule has 2 aromatic rings. The molecule has 3 heterocycles. The fourth-order valence-corrected chi connectivity index (χ4v) is 9.40. The van der Waals surface area contributed by atoms with Crippen LogP contribution in [0.2, 0.25) is 0 Å². The summed E-state index contributed by atoms with van der Waals surface area (Å²) in [5, 5.41) is 13.6. The molecule has 8 rings (SSSR count). The third kappa shape index (κ3) is 5.53. The Hall–Kier alpha value is -3.05. The number of aliphatic hydroxyl groups excluding tert-OH is 1. The van der Waals surface area contributed by atoms with Crippen molar-refractivity contribution in [3.8, 4) is 0 Å². The van der Waals surface area contributed by atoms with E-state index in [1.165, 1.54) is 0 Å². The number of nitrogens with zero attached hydrogens (tertiary/aromatic N) is 5. The van der Waals surface area contributed by atoms with Crippen LogP contribution in [-0.4, -0.2) is 84.2 Å². The largest absolute Gasteiger partial charge is 0.414 e. The minimum Gasteiger partial charge on any atom is -0.383 e. The molecule has 244 valence electrons. The lowest BCUT2D eigenvalue weighted by atomic mass is 9.46. The number of aliphatic hydroxyl groups is 1. The van der Waals surface area contributed by atoms with Gasteiger partial charge in [-0.05, 0) is 94.9 Å². The molecule has 1 aromatic heterocycles. The highest BCUT2D eigenvalue weighted by atomic mass is 19.4. The number of anilines is 4. The molecule has 2 aliphatic heterocycles. The first kappa shape index (κ1) is 30.6. The van der Waals surface area contributed by atoms with E-state index in [1.807, 2.05) is 30.5 Å². The van der Waals surface area contributed by atoms with Crippen molar-refractivity contribution in [3.05, 3.63) is 42.6 Å². The maximum absolute atomic E-state index is 13.8. The van der Waals surface area contributed by atoms with Gasteiger partial charge in [-0.15, -0.1) is 0 Å². The number of piperazine rings is 1. The van der Waals surface area contributed by atoms with Crippen molar-refractivity contribution in [1.82, 2.24) is 15.2 Å². The van der Waals surface area contributed by atoms with Crippen LogP contribution in [0.4, 0.5) is 40.8 Å². The maximum Gasteiger partial charge on any atom is 0.414 e. The minimum atomic E-state index is -4.62. The average molecular weight is 627 g/mol. The van der Waals surface area contributed by atoms with Crippen molar-refractivity contribution in [2.24, 2.45) is 23.2 Å². The van der Waals surface area contributed by atoms with Gasteiger partial charge in [0, 0.05) is 56.3 Å². The second-order valence-electron chi connectivity index (χ2n) is 15.1.